The number of nitrogens with two attached hydrogens (primary N) is 1. The number of hydrogen-bond acceptors (Lipinski definition) is 2. The summed E-state index contributed by atoms with van der Waals surface area (Å²) in [6.45, 7) is 0. The van der Waals surface area contributed by atoms with Gasteiger partial charge in [0.05, 0.1) is 13.2 Å². The first-order chi connectivity index (χ1) is 9.72. The van der Waals surface area contributed by atoms with E-state index in [4.69, 9.17) is 15.5 Å². The van der Waals surface area contributed by atoms with Crippen molar-refractivity contribution in [2.24, 2.45) is 16.1 Å². The minimum absolute atomic E-state index is 0.427. The third-order valence-electron chi connectivity index (χ3n) is 4.88. The molecule has 20 heavy (non-hydrogen) atoms. The molecule has 3 rings (SSSR count). The maximum absolute atomic E-state index is 6.05. The van der Waals surface area contributed by atoms with Gasteiger partial charge in [-0.15, -0.1) is 0 Å². The standard InChI is InChI=1S/C16H23N3O/c1-20-13-6-4-12(5-7-13)18-15(17)19-14-8-11-16(14)9-2-3-10-16/h4-7,14H,2-3,8-11H2,1H3,(H3,17,18,19). The second-order valence-corrected chi connectivity index (χ2v) is 5.99. The molecule has 1 spiro atoms. The second kappa shape index (κ2) is 5.35. The maximum Gasteiger partial charge on any atom is 0.193 e. The Hall–Kier alpha value is -1.71. The fraction of sp³-hybridized carbons (Fsp3) is 0.562. The summed E-state index contributed by atoms with van der Waals surface area (Å²) in [7, 11) is 1.66. The first-order valence-electron chi connectivity index (χ1n) is 7.46. The van der Waals surface area contributed by atoms with Crippen LogP contribution >= 0.6 is 0 Å². The van der Waals surface area contributed by atoms with Gasteiger partial charge in [-0.3, -0.25) is 0 Å². The number of guanidine groups is 1. The lowest BCUT2D eigenvalue weighted by Crippen LogP contribution is -2.43. The van der Waals surface area contributed by atoms with E-state index in [1.165, 1.54) is 38.5 Å². The molecule has 2 fully saturated rings. The largest absolute Gasteiger partial charge is 0.497 e. The number of ether oxygens (including phenoxy) is 1. The van der Waals surface area contributed by atoms with E-state index >= 15 is 0 Å². The molecule has 2 saturated carbocycles. The molecular weight excluding hydrogens is 250 g/mol. The molecule has 4 heteroatoms. The van der Waals surface area contributed by atoms with Crippen LogP contribution in [0.15, 0.2) is 29.3 Å². The van der Waals surface area contributed by atoms with Crippen molar-refractivity contribution in [3.63, 3.8) is 0 Å². The second-order valence-electron chi connectivity index (χ2n) is 5.99. The number of benzene rings is 1. The average molecular weight is 273 g/mol. The van der Waals surface area contributed by atoms with Crippen LogP contribution in [0.1, 0.15) is 38.5 Å². The van der Waals surface area contributed by atoms with Crippen LogP contribution in [-0.4, -0.2) is 19.1 Å². The van der Waals surface area contributed by atoms with E-state index in [0.717, 1.165) is 11.4 Å². The molecule has 0 aliphatic heterocycles. The monoisotopic (exact) mass is 273 g/mol. The number of nitrogens with zero attached hydrogens (tertiary/aromatic N) is 1. The number of aliphatic imine (C=N–C) groups is 1. The topological polar surface area (TPSA) is 59.6 Å². The van der Waals surface area contributed by atoms with Gasteiger partial charge in [-0.05, 0) is 55.4 Å². The van der Waals surface area contributed by atoms with Crippen molar-refractivity contribution in [3.05, 3.63) is 24.3 Å². The van der Waals surface area contributed by atoms with Gasteiger partial charge in [0, 0.05) is 5.69 Å². The molecule has 0 saturated heterocycles. The minimum Gasteiger partial charge on any atom is -0.497 e. The van der Waals surface area contributed by atoms with Gasteiger partial charge in [-0.1, -0.05) is 12.8 Å². The zero-order chi connectivity index (χ0) is 14.0. The lowest BCUT2D eigenvalue weighted by Gasteiger charge is -2.45. The van der Waals surface area contributed by atoms with Gasteiger partial charge in [0.15, 0.2) is 5.96 Å². The molecular formula is C16H23N3O. The van der Waals surface area contributed by atoms with Crippen molar-refractivity contribution in [2.45, 2.75) is 44.6 Å². The quantitative estimate of drug-likeness (QED) is 0.657. The summed E-state index contributed by atoms with van der Waals surface area (Å²) in [5, 5.41) is 3.17. The van der Waals surface area contributed by atoms with Crippen LogP contribution in [0.3, 0.4) is 0 Å². The number of nitrogens with one attached hydrogen (secondary N) is 1. The molecule has 1 aromatic carbocycles. The van der Waals surface area contributed by atoms with Crippen molar-refractivity contribution in [1.82, 2.24) is 0 Å². The van der Waals surface area contributed by atoms with Gasteiger partial charge in [0.2, 0.25) is 0 Å². The first-order valence-corrected chi connectivity index (χ1v) is 7.46. The van der Waals surface area contributed by atoms with Crippen LogP contribution in [-0.2, 0) is 0 Å². The van der Waals surface area contributed by atoms with Crippen LogP contribution in [0.5, 0.6) is 5.75 Å². The molecule has 1 atom stereocenters. The Morgan fingerprint density at radius 2 is 1.95 bits per heavy atom. The number of hydrogen-bond donors (Lipinski definition) is 2. The third kappa shape index (κ3) is 2.47. The Morgan fingerprint density at radius 3 is 2.50 bits per heavy atom. The molecule has 1 unspecified atom stereocenters. The van der Waals surface area contributed by atoms with Crippen LogP contribution in [0.2, 0.25) is 0 Å². The highest BCUT2D eigenvalue weighted by atomic mass is 16.5. The Bertz CT molecular complexity index is 489. The van der Waals surface area contributed by atoms with Gasteiger partial charge < -0.3 is 15.8 Å². The first kappa shape index (κ1) is 13.3. The van der Waals surface area contributed by atoms with E-state index in [-0.39, 0.29) is 0 Å². The normalized spacial score (nSPS) is 24.4. The van der Waals surface area contributed by atoms with E-state index in [2.05, 4.69) is 5.32 Å². The fourth-order valence-corrected chi connectivity index (χ4v) is 3.57. The Kier molecular flexibility index (Phi) is 3.55. The molecule has 4 nitrogen and oxygen atoms in total. The number of anilines is 1. The van der Waals surface area contributed by atoms with Gasteiger partial charge >= 0.3 is 0 Å². The highest BCUT2D eigenvalue weighted by Gasteiger charge is 2.48. The lowest BCUT2D eigenvalue weighted by molar-refractivity contribution is 0.104. The smallest absolute Gasteiger partial charge is 0.193 e. The molecule has 0 radical (unpaired) electrons. The third-order valence-corrected chi connectivity index (χ3v) is 4.88. The predicted molar refractivity (Wildman–Crippen MR) is 82.2 cm³/mol. The summed E-state index contributed by atoms with van der Waals surface area (Å²) in [6, 6.07) is 8.16. The van der Waals surface area contributed by atoms with E-state index in [1.807, 2.05) is 24.3 Å². The van der Waals surface area contributed by atoms with Crippen LogP contribution < -0.4 is 15.8 Å². The van der Waals surface area contributed by atoms with Crippen molar-refractivity contribution in [3.8, 4) is 5.75 Å². The molecule has 0 bridgehead atoms. The molecule has 108 valence electrons. The summed E-state index contributed by atoms with van der Waals surface area (Å²) < 4.78 is 5.14. The van der Waals surface area contributed by atoms with Crippen LogP contribution in [0.4, 0.5) is 5.69 Å². The molecule has 2 aliphatic carbocycles. The average Bonchev–Trinajstić information content (AvgIpc) is 2.97. The van der Waals surface area contributed by atoms with Crippen molar-refractivity contribution in [1.29, 1.82) is 0 Å². The van der Waals surface area contributed by atoms with E-state index in [0.29, 0.717) is 17.4 Å². The molecule has 0 amide bonds. The van der Waals surface area contributed by atoms with Gasteiger partial charge in [0.25, 0.3) is 0 Å². The van der Waals surface area contributed by atoms with Crippen molar-refractivity contribution < 1.29 is 4.74 Å². The highest BCUT2D eigenvalue weighted by molar-refractivity contribution is 5.92. The maximum atomic E-state index is 6.05. The van der Waals surface area contributed by atoms with E-state index in [1.54, 1.807) is 7.11 Å². The molecule has 0 aromatic heterocycles. The van der Waals surface area contributed by atoms with Gasteiger partial charge in [0.1, 0.15) is 5.75 Å². The van der Waals surface area contributed by atoms with E-state index < -0.39 is 0 Å². The van der Waals surface area contributed by atoms with Crippen LogP contribution in [0, 0.1) is 5.41 Å². The summed E-state index contributed by atoms with van der Waals surface area (Å²) in [6.07, 6.45) is 7.89. The molecule has 2 aliphatic rings. The predicted octanol–water partition coefficient (Wildman–Crippen LogP) is 3.14. The minimum atomic E-state index is 0.427. The summed E-state index contributed by atoms with van der Waals surface area (Å²) in [4.78, 5) is 4.71. The molecule has 3 N–H and O–H groups in total. The zero-order valence-corrected chi connectivity index (χ0v) is 12.1. The fourth-order valence-electron chi connectivity index (χ4n) is 3.57. The Balaban J connectivity index is 1.63. The summed E-state index contributed by atoms with van der Waals surface area (Å²) in [5.74, 6) is 1.38. The van der Waals surface area contributed by atoms with Crippen molar-refractivity contribution in [2.75, 3.05) is 12.4 Å². The Morgan fingerprint density at radius 1 is 1.25 bits per heavy atom. The highest BCUT2D eigenvalue weighted by Crippen LogP contribution is 2.54. The summed E-state index contributed by atoms with van der Waals surface area (Å²) >= 11 is 0. The molecule has 0 heterocycles. The Labute approximate surface area is 120 Å². The summed E-state index contributed by atoms with van der Waals surface area (Å²) in [5.41, 5.74) is 7.47. The lowest BCUT2D eigenvalue weighted by atomic mass is 9.63. The zero-order valence-electron chi connectivity index (χ0n) is 12.1. The van der Waals surface area contributed by atoms with Crippen molar-refractivity contribution >= 4 is 11.6 Å². The number of rotatable bonds is 3. The number of methoxy groups -OCH3 is 1. The molecule has 1 aromatic rings. The van der Waals surface area contributed by atoms with E-state index in [9.17, 15) is 0 Å². The van der Waals surface area contributed by atoms with Gasteiger partial charge in [-0.2, -0.15) is 0 Å². The van der Waals surface area contributed by atoms with Gasteiger partial charge in [-0.25, -0.2) is 4.99 Å². The van der Waals surface area contributed by atoms with Crippen LogP contribution in [0.25, 0.3) is 0 Å². The SMILES string of the molecule is COc1ccc(NC(N)=NC2CCC23CCCC3)cc1.